The number of aromatic amines is 1. The van der Waals surface area contributed by atoms with Crippen LogP contribution in [0.3, 0.4) is 0 Å². The molecule has 30 heavy (non-hydrogen) atoms. The monoisotopic (exact) mass is 413 g/mol. The summed E-state index contributed by atoms with van der Waals surface area (Å²) in [7, 11) is 1.62. The standard InChI is InChI=1S/C20H21F2N7O/c1-5-23-19(30)11(2)16(22)9-15(12(3)21)18-26-20(29(4)28-18)25-14-6-7-17-13(8-14)10-24-27-17/h6-10H,2,5H2,1,3-4H3,(H,23,30)(H,24,27)(H,25,26,28)/b15-12-,16-9+. The molecule has 2 heterocycles. The van der Waals surface area contributed by atoms with Crippen LogP contribution in [0.4, 0.5) is 20.4 Å². The van der Waals surface area contributed by atoms with Crippen molar-refractivity contribution in [2.75, 3.05) is 11.9 Å². The topological polar surface area (TPSA) is 101 Å². The number of halogens is 2. The average molecular weight is 413 g/mol. The minimum Gasteiger partial charge on any atom is -0.352 e. The Morgan fingerprint density at radius 3 is 2.83 bits per heavy atom. The van der Waals surface area contributed by atoms with Crippen molar-refractivity contribution in [1.29, 1.82) is 0 Å². The van der Waals surface area contributed by atoms with E-state index < -0.39 is 23.1 Å². The number of anilines is 2. The number of aromatic nitrogens is 5. The van der Waals surface area contributed by atoms with Gasteiger partial charge < -0.3 is 10.6 Å². The number of hydrogen-bond donors (Lipinski definition) is 3. The first-order chi connectivity index (χ1) is 14.3. The first-order valence-corrected chi connectivity index (χ1v) is 9.12. The fourth-order valence-electron chi connectivity index (χ4n) is 2.66. The van der Waals surface area contributed by atoms with Gasteiger partial charge in [-0.15, -0.1) is 5.10 Å². The van der Waals surface area contributed by atoms with Gasteiger partial charge >= 0.3 is 0 Å². The smallest absolute Gasteiger partial charge is 0.253 e. The molecule has 8 nitrogen and oxygen atoms in total. The Morgan fingerprint density at radius 1 is 1.37 bits per heavy atom. The zero-order valence-corrected chi connectivity index (χ0v) is 16.8. The molecule has 0 fully saturated rings. The molecule has 0 saturated heterocycles. The van der Waals surface area contributed by atoms with Crippen LogP contribution in [0.25, 0.3) is 16.5 Å². The quantitative estimate of drug-likeness (QED) is 0.405. The highest BCUT2D eigenvalue weighted by atomic mass is 19.1. The highest BCUT2D eigenvalue weighted by molar-refractivity contribution is 5.97. The van der Waals surface area contributed by atoms with Gasteiger partial charge in [-0.3, -0.25) is 9.89 Å². The minimum absolute atomic E-state index is 0.0387. The number of benzene rings is 1. The summed E-state index contributed by atoms with van der Waals surface area (Å²) in [4.78, 5) is 16.0. The van der Waals surface area contributed by atoms with Crippen molar-refractivity contribution in [1.82, 2.24) is 30.3 Å². The molecule has 0 aliphatic carbocycles. The Labute approximate surface area is 171 Å². The average Bonchev–Trinajstić information content (AvgIpc) is 3.31. The van der Waals surface area contributed by atoms with Crippen LogP contribution in [-0.2, 0) is 11.8 Å². The largest absolute Gasteiger partial charge is 0.352 e. The molecule has 0 unspecified atom stereocenters. The highest BCUT2D eigenvalue weighted by Crippen LogP contribution is 2.25. The van der Waals surface area contributed by atoms with Crippen LogP contribution >= 0.6 is 0 Å². The van der Waals surface area contributed by atoms with Crippen molar-refractivity contribution in [2.24, 2.45) is 7.05 Å². The van der Waals surface area contributed by atoms with Crippen LogP contribution in [0.5, 0.6) is 0 Å². The molecule has 0 radical (unpaired) electrons. The minimum atomic E-state index is -0.972. The second kappa shape index (κ2) is 8.68. The van der Waals surface area contributed by atoms with Crippen molar-refractivity contribution >= 4 is 34.0 Å². The molecule has 2 aromatic heterocycles. The fraction of sp³-hybridized carbons (Fsp3) is 0.200. The van der Waals surface area contributed by atoms with E-state index in [9.17, 15) is 13.6 Å². The number of allylic oxidation sites excluding steroid dienone is 3. The fourth-order valence-corrected chi connectivity index (χ4v) is 2.66. The number of nitrogens with one attached hydrogen (secondary N) is 3. The summed E-state index contributed by atoms with van der Waals surface area (Å²) in [6.45, 7) is 6.58. The molecule has 0 saturated carbocycles. The maximum Gasteiger partial charge on any atom is 0.253 e. The van der Waals surface area contributed by atoms with Crippen LogP contribution in [0.1, 0.15) is 19.7 Å². The molecule has 0 aliphatic rings. The number of fused-ring (bicyclic) bond motifs is 1. The first-order valence-electron chi connectivity index (χ1n) is 9.12. The third-order valence-corrected chi connectivity index (χ3v) is 4.24. The van der Waals surface area contributed by atoms with E-state index in [1.54, 1.807) is 20.2 Å². The van der Waals surface area contributed by atoms with Crippen LogP contribution in [0.2, 0.25) is 0 Å². The summed E-state index contributed by atoms with van der Waals surface area (Å²) in [5.74, 6) is -2.06. The lowest BCUT2D eigenvalue weighted by Gasteiger charge is -2.04. The zero-order valence-electron chi connectivity index (χ0n) is 16.8. The summed E-state index contributed by atoms with van der Waals surface area (Å²) in [5, 5.41) is 17.4. The summed E-state index contributed by atoms with van der Waals surface area (Å²) < 4.78 is 30.0. The van der Waals surface area contributed by atoms with E-state index in [0.29, 0.717) is 12.5 Å². The number of carbonyl (C=O) groups is 1. The molecule has 0 spiro atoms. The molecular formula is C20H21F2N7O. The van der Waals surface area contributed by atoms with Gasteiger partial charge in [0.2, 0.25) is 5.95 Å². The first kappa shape index (κ1) is 20.9. The Balaban J connectivity index is 1.88. The molecule has 0 bridgehead atoms. The van der Waals surface area contributed by atoms with Gasteiger partial charge in [0.25, 0.3) is 5.91 Å². The van der Waals surface area contributed by atoms with Crippen LogP contribution < -0.4 is 10.6 Å². The number of rotatable bonds is 7. The van der Waals surface area contributed by atoms with Gasteiger partial charge in [0, 0.05) is 24.7 Å². The molecule has 1 aromatic carbocycles. The van der Waals surface area contributed by atoms with E-state index in [-0.39, 0.29) is 11.4 Å². The van der Waals surface area contributed by atoms with Gasteiger partial charge in [-0.25, -0.2) is 13.5 Å². The van der Waals surface area contributed by atoms with E-state index >= 15 is 0 Å². The Hall–Kier alpha value is -3.82. The van der Waals surface area contributed by atoms with E-state index in [1.165, 1.54) is 4.68 Å². The predicted molar refractivity (Wildman–Crippen MR) is 111 cm³/mol. The van der Waals surface area contributed by atoms with Gasteiger partial charge in [-0.2, -0.15) is 10.1 Å². The Kier molecular flexibility index (Phi) is 6.05. The third-order valence-electron chi connectivity index (χ3n) is 4.24. The van der Waals surface area contributed by atoms with E-state index in [1.807, 2.05) is 18.2 Å². The number of H-pyrrole nitrogens is 1. The van der Waals surface area contributed by atoms with E-state index in [0.717, 1.165) is 29.6 Å². The highest BCUT2D eigenvalue weighted by Gasteiger charge is 2.17. The van der Waals surface area contributed by atoms with Crippen molar-refractivity contribution in [2.45, 2.75) is 13.8 Å². The SMILES string of the molecule is C=C(C(=O)NCC)/C(F)=C\C(=C(/C)F)c1nc(Nc2ccc3[nH]ncc3c2)n(C)n1. The van der Waals surface area contributed by atoms with Crippen LogP contribution in [0, 0.1) is 0 Å². The molecule has 3 aromatic rings. The number of carbonyl (C=O) groups excluding carboxylic acids is 1. The van der Waals surface area contributed by atoms with Crippen LogP contribution in [-0.4, -0.2) is 37.4 Å². The maximum atomic E-state index is 14.5. The number of amides is 1. The number of hydrogen-bond acceptors (Lipinski definition) is 5. The van der Waals surface area contributed by atoms with Crippen molar-refractivity contribution in [3.63, 3.8) is 0 Å². The molecule has 0 atom stereocenters. The van der Waals surface area contributed by atoms with Gasteiger partial charge in [-0.1, -0.05) is 6.58 Å². The second-order valence-corrected chi connectivity index (χ2v) is 6.46. The van der Waals surface area contributed by atoms with E-state index in [2.05, 4.69) is 37.5 Å². The van der Waals surface area contributed by atoms with Crippen LogP contribution in [0.15, 0.2) is 54.3 Å². The lowest BCUT2D eigenvalue weighted by Crippen LogP contribution is -2.24. The molecule has 3 N–H and O–H groups in total. The van der Waals surface area contributed by atoms with Crippen molar-refractivity contribution in [3.8, 4) is 0 Å². The lowest BCUT2D eigenvalue weighted by molar-refractivity contribution is -0.117. The zero-order chi connectivity index (χ0) is 21.8. The number of aryl methyl sites for hydroxylation is 1. The van der Waals surface area contributed by atoms with Crippen molar-refractivity contribution in [3.05, 3.63) is 60.1 Å². The summed E-state index contributed by atoms with van der Waals surface area (Å²) >= 11 is 0. The normalized spacial score (nSPS) is 12.6. The number of likely N-dealkylation sites (N-methyl/N-ethyl adjacent to an activating group) is 1. The summed E-state index contributed by atoms with van der Waals surface area (Å²) in [6, 6.07) is 5.53. The van der Waals surface area contributed by atoms with Gasteiger partial charge in [0.05, 0.1) is 22.9 Å². The molecule has 156 valence electrons. The molecule has 10 heteroatoms. The third kappa shape index (κ3) is 4.43. The maximum absolute atomic E-state index is 14.5. The Morgan fingerprint density at radius 2 is 2.13 bits per heavy atom. The van der Waals surface area contributed by atoms with E-state index in [4.69, 9.17) is 0 Å². The number of nitrogens with zero attached hydrogens (tertiary/aromatic N) is 4. The molecule has 0 aliphatic heterocycles. The molecule has 3 rings (SSSR count). The van der Waals surface area contributed by atoms with Gasteiger partial charge in [0.15, 0.2) is 5.82 Å². The summed E-state index contributed by atoms with van der Waals surface area (Å²) in [6.07, 6.45) is 2.55. The molecule has 1 amide bonds. The predicted octanol–water partition coefficient (Wildman–Crippen LogP) is 3.68. The Bertz CT molecular complexity index is 1170. The lowest BCUT2D eigenvalue weighted by atomic mass is 10.1. The van der Waals surface area contributed by atoms with Gasteiger partial charge in [0.1, 0.15) is 11.7 Å². The van der Waals surface area contributed by atoms with Gasteiger partial charge in [-0.05, 0) is 38.1 Å². The molecular weight excluding hydrogens is 392 g/mol. The second-order valence-electron chi connectivity index (χ2n) is 6.46. The van der Waals surface area contributed by atoms with Crippen molar-refractivity contribution < 1.29 is 13.6 Å². The summed E-state index contributed by atoms with van der Waals surface area (Å²) in [5.41, 5.74) is 1.01.